The molecule has 0 unspecified atom stereocenters. The molecule has 0 amide bonds. The van der Waals surface area contributed by atoms with Crippen molar-refractivity contribution >= 4 is 27.4 Å². The van der Waals surface area contributed by atoms with Gasteiger partial charge in [-0.1, -0.05) is 54.6 Å². The van der Waals surface area contributed by atoms with Crippen LogP contribution >= 0.6 is 11.3 Å². The number of hydrogen-bond donors (Lipinski definition) is 2. The van der Waals surface area contributed by atoms with E-state index in [1.807, 2.05) is 30.3 Å². The highest BCUT2D eigenvalue weighted by molar-refractivity contribution is 7.18. The number of fused-ring (bicyclic) bond motifs is 1. The molecule has 7 heteroatoms. The Labute approximate surface area is 201 Å². The first-order valence-electron chi connectivity index (χ1n) is 11.2. The normalized spacial score (nSPS) is 11.1. The quantitative estimate of drug-likeness (QED) is 0.270. The number of aromatic nitrogens is 3. The molecule has 34 heavy (non-hydrogen) atoms. The lowest BCUT2D eigenvalue weighted by atomic mass is 10.1. The van der Waals surface area contributed by atoms with Crippen molar-refractivity contribution < 1.29 is 4.39 Å². The van der Waals surface area contributed by atoms with Crippen LogP contribution in [0.5, 0.6) is 0 Å². The summed E-state index contributed by atoms with van der Waals surface area (Å²) in [4.78, 5) is 13.4. The Morgan fingerprint density at radius 3 is 2.50 bits per heavy atom. The maximum absolute atomic E-state index is 14.6. The van der Waals surface area contributed by atoms with Gasteiger partial charge in [0.15, 0.2) is 11.6 Å². The van der Waals surface area contributed by atoms with Gasteiger partial charge in [-0.05, 0) is 35.6 Å². The fraction of sp³-hybridized carbons (Fsp3) is 0.148. The maximum Gasteiger partial charge on any atom is 0.165 e. The molecule has 0 fully saturated rings. The summed E-state index contributed by atoms with van der Waals surface area (Å²) in [5.74, 6) is 0.622. The fourth-order valence-electron chi connectivity index (χ4n) is 3.88. The lowest BCUT2D eigenvalue weighted by Crippen LogP contribution is -2.06. The van der Waals surface area contributed by atoms with Crippen LogP contribution in [-0.4, -0.2) is 21.5 Å². The first-order chi connectivity index (χ1) is 16.7. The Hall–Kier alpha value is -3.68. The van der Waals surface area contributed by atoms with Gasteiger partial charge >= 0.3 is 0 Å². The van der Waals surface area contributed by atoms with E-state index in [1.165, 1.54) is 11.8 Å². The van der Waals surface area contributed by atoms with Crippen molar-refractivity contribution in [2.75, 3.05) is 11.9 Å². The van der Waals surface area contributed by atoms with E-state index in [4.69, 9.17) is 15.7 Å². The Balaban J connectivity index is 1.50. The van der Waals surface area contributed by atoms with Gasteiger partial charge in [0.05, 0.1) is 22.0 Å². The van der Waals surface area contributed by atoms with Crippen LogP contribution in [0.25, 0.3) is 32.7 Å². The summed E-state index contributed by atoms with van der Waals surface area (Å²) in [6.45, 7) is 1.24. The molecule has 170 valence electrons. The van der Waals surface area contributed by atoms with Crippen LogP contribution in [0.1, 0.15) is 17.5 Å². The molecule has 0 aliphatic heterocycles. The summed E-state index contributed by atoms with van der Waals surface area (Å²) in [7, 11) is 0. The van der Waals surface area contributed by atoms with Crippen molar-refractivity contribution in [3.05, 3.63) is 95.4 Å². The molecule has 5 nitrogen and oxygen atoms in total. The van der Waals surface area contributed by atoms with Crippen molar-refractivity contribution in [2.24, 2.45) is 5.73 Å². The smallest absolute Gasteiger partial charge is 0.165 e. The Kier molecular flexibility index (Phi) is 6.56. The molecule has 3 heterocycles. The van der Waals surface area contributed by atoms with Crippen molar-refractivity contribution in [3.8, 4) is 22.5 Å². The third-order valence-corrected chi connectivity index (χ3v) is 6.68. The lowest BCUT2D eigenvalue weighted by Gasteiger charge is -2.10. The Bertz CT molecular complexity index is 1400. The molecular formula is C27H24FN5S. The molecule has 0 saturated heterocycles. The predicted octanol–water partition coefficient (Wildman–Crippen LogP) is 6.06. The molecule has 0 spiro atoms. The summed E-state index contributed by atoms with van der Waals surface area (Å²) in [5, 5.41) is 5.56. The first kappa shape index (κ1) is 22.1. The Morgan fingerprint density at radius 1 is 0.912 bits per heavy atom. The van der Waals surface area contributed by atoms with Gasteiger partial charge in [0.25, 0.3) is 0 Å². The molecule has 3 N–H and O–H groups in total. The average Bonchev–Trinajstić information content (AvgIpc) is 3.32. The van der Waals surface area contributed by atoms with Crippen LogP contribution in [-0.2, 0) is 13.0 Å². The summed E-state index contributed by atoms with van der Waals surface area (Å²) in [6.07, 6.45) is 4.67. The van der Waals surface area contributed by atoms with Gasteiger partial charge in [-0.15, -0.1) is 11.3 Å². The minimum Gasteiger partial charge on any atom is -0.369 e. The SMILES string of the molecule is NCc1ccc(-c2csc3c(NCCCc4ccccc4)nc(-c4ccncc4F)nc23)cc1. The molecular weight excluding hydrogens is 445 g/mol. The van der Waals surface area contributed by atoms with Gasteiger partial charge in [0.1, 0.15) is 5.82 Å². The van der Waals surface area contributed by atoms with Crippen LogP contribution in [0.3, 0.4) is 0 Å². The van der Waals surface area contributed by atoms with E-state index in [1.54, 1.807) is 23.6 Å². The number of rotatable bonds is 8. The van der Waals surface area contributed by atoms with E-state index in [0.717, 1.165) is 52.1 Å². The van der Waals surface area contributed by atoms with Crippen LogP contribution in [0.15, 0.2) is 78.4 Å². The molecule has 3 aromatic heterocycles. The molecule has 0 aliphatic carbocycles. The molecule has 0 saturated carbocycles. The second-order valence-corrected chi connectivity index (χ2v) is 8.88. The molecule has 2 aromatic carbocycles. The van der Waals surface area contributed by atoms with E-state index in [-0.39, 0.29) is 0 Å². The highest BCUT2D eigenvalue weighted by Gasteiger charge is 2.17. The largest absolute Gasteiger partial charge is 0.369 e. The van der Waals surface area contributed by atoms with Gasteiger partial charge in [-0.2, -0.15) is 0 Å². The topological polar surface area (TPSA) is 76.7 Å². The summed E-state index contributed by atoms with van der Waals surface area (Å²) in [5.41, 5.74) is 11.3. The maximum atomic E-state index is 14.6. The van der Waals surface area contributed by atoms with Gasteiger partial charge < -0.3 is 11.1 Å². The van der Waals surface area contributed by atoms with Crippen LogP contribution in [0.2, 0.25) is 0 Å². The fourth-order valence-corrected chi connectivity index (χ4v) is 4.86. The van der Waals surface area contributed by atoms with E-state index >= 15 is 0 Å². The number of nitrogens with one attached hydrogen (secondary N) is 1. The highest BCUT2D eigenvalue weighted by atomic mass is 32.1. The van der Waals surface area contributed by atoms with Crippen molar-refractivity contribution in [1.29, 1.82) is 0 Å². The third kappa shape index (κ3) is 4.66. The van der Waals surface area contributed by atoms with Crippen LogP contribution < -0.4 is 11.1 Å². The number of hydrogen-bond acceptors (Lipinski definition) is 6. The van der Waals surface area contributed by atoms with Crippen molar-refractivity contribution in [1.82, 2.24) is 15.0 Å². The minimum absolute atomic E-state index is 0.333. The number of aryl methyl sites for hydroxylation is 1. The van der Waals surface area contributed by atoms with Gasteiger partial charge in [0.2, 0.25) is 0 Å². The predicted molar refractivity (Wildman–Crippen MR) is 137 cm³/mol. The molecule has 0 atom stereocenters. The lowest BCUT2D eigenvalue weighted by molar-refractivity contribution is 0.623. The number of nitrogens with zero attached hydrogens (tertiary/aromatic N) is 3. The molecule has 5 aromatic rings. The number of pyridine rings is 1. The van der Waals surface area contributed by atoms with E-state index in [0.29, 0.717) is 17.9 Å². The molecule has 0 bridgehead atoms. The standard InChI is InChI=1S/C27H24FN5S/c28-23-16-30-14-12-21(23)26-32-24-22(20-10-8-19(15-29)9-11-20)17-34-25(24)27(33-26)31-13-4-7-18-5-2-1-3-6-18/h1-3,5-6,8-12,14,16-17H,4,7,13,15,29H2,(H,31,32,33). The van der Waals surface area contributed by atoms with E-state index < -0.39 is 5.82 Å². The number of nitrogens with two attached hydrogens (primary N) is 1. The zero-order valence-corrected chi connectivity index (χ0v) is 19.4. The Morgan fingerprint density at radius 2 is 1.74 bits per heavy atom. The monoisotopic (exact) mass is 469 g/mol. The number of benzene rings is 2. The number of halogens is 1. The second-order valence-electron chi connectivity index (χ2n) is 8.00. The summed E-state index contributed by atoms with van der Waals surface area (Å²) in [6, 6.07) is 20.1. The van der Waals surface area contributed by atoms with E-state index in [2.05, 4.69) is 39.9 Å². The van der Waals surface area contributed by atoms with E-state index in [9.17, 15) is 4.39 Å². The van der Waals surface area contributed by atoms with Crippen LogP contribution in [0.4, 0.5) is 10.2 Å². The zero-order chi connectivity index (χ0) is 23.3. The summed E-state index contributed by atoms with van der Waals surface area (Å²) >= 11 is 1.59. The first-order valence-corrected chi connectivity index (χ1v) is 12.1. The molecule has 0 radical (unpaired) electrons. The molecule has 0 aliphatic rings. The van der Waals surface area contributed by atoms with Gasteiger partial charge in [-0.25, -0.2) is 14.4 Å². The number of thiophene rings is 1. The second kappa shape index (κ2) is 10.1. The van der Waals surface area contributed by atoms with Crippen molar-refractivity contribution in [2.45, 2.75) is 19.4 Å². The third-order valence-electron chi connectivity index (χ3n) is 5.71. The van der Waals surface area contributed by atoms with Gasteiger partial charge in [0, 0.05) is 30.2 Å². The van der Waals surface area contributed by atoms with Crippen LogP contribution in [0, 0.1) is 5.82 Å². The van der Waals surface area contributed by atoms with Crippen molar-refractivity contribution in [3.63, 3.8) is 0 Å². The molecule has 5 rings (SSSR count). The average molecular weight is 470 g/mol. The number of anilines is 1. The highest BCUT2D eigenvalue weighted by Crippen LogP contribution is 2.37. The minimum atomic E-state index is -0.444. The zero-order valence-electron chi connectivity index (χ0n) is 18.5. The van der Waals surface area contributed by atoms with Gasteiger partial charge in [-0.3, -0.25) is 4.98 Å². The summed E-state index contributed by atoms with van der Waals surface area (Å²) < 4.78 is 15.5.